The molecule has 1 aromatic heterocycles. The number of nitrogens with zero attached hydrogens (tertiary/aromatic N) is 1. The number of ether oxygens (including phenoxy) is 4. The van der Waals surface area contributed by atoms with Gasteiger partial charge in [0.15, 0.2) is 11.4 Å². The quantitative estimate of drug-likeness (QED) is 0.484. The lowest BCUT2D eigenvalue weighted by molar-refractivity contribution is -0.159. The third-order valence-corrected chi connectivity index (χ3v) is 5.02. The Balaban J connectivity index is 2.01. The van der Waals surface area contributed by atoms with Gasteiger partial charge in [0.05, 0.1) is 13.2 Å². The second kappa shape index (κ2) is 11.8. The van der Waals surface area contributed by atoms with Crippen LogP contribution in [0.15, 0.2) is 12.3 Å². The molecule has 9 nitrogen and oxygen atoms in total. The molecule has 1 aliphatic rings. The minimum Gasteiger partial charge on any atom is -0.493 e. The topological polar surface area (TPSA) is 113 Å². The van der Waals surface area contributed by atoms with Gasteiger partial charge in [0, 0.05) is 25.8 Å². The first-order valence-corrected chi connectivity index (χ1v) is 11.0. The van der Waals surface area contributed by atoms with Gasteiger partial charge in [-0.25, -0.2) is 9.78 Å². The maximum absolute atomic E-state index is 12.7. The molecule has 0 aromatic carbocycles. The fraction of sp³-hybridized carbons (Fsp3) is 0.652. The van der Waals surface area contributed by atoms with E-state index in [0.29, 0.717) is 18.4 Å². The van der Waals surface area contributed by atoms with Gasteiger partial charge in [0.2, 0.25) is 5.75 Å². The van der Waals surface area contributed by atoms with Crippen molar-refractivity contribution < 1.29 is 33.3 Å². The van der Waals surface area contributed by atoms with E-state index in [9.17, 15) is 14.4 Å². The average molecular weight is 451 g/mol. The summed E-state index contributed by atoms with van der Waals surface area (Å²) in [7, 11) is 1.38. The van der Waals surface area contributed by atoms with Gasteiger partial charge in [-0.05, 0) is 44.9 Å². The summed E-state index contributed by atoms with van der Waals surface area (Å²) in [5, 5.41) is 2.54. The van der Waals surface area contributed by atoms with Crippen LogP contribution in [0.5, 0.6) is 11.5 Å². The van der Waals surface area contributed by atoms with E-state index in [-0.39, 0.29) is 23.3 Å². The summed E-state index contributed by atoms with van der Waals surface area (Å²) in [5.41, 5.74) is -0.169. The first-order chi connectivity index (χ1) is 15.1. The Hall–Kier alpha value is -2.68. The van der Waals surface area contributed by atoms with E-state index in [4.69, 9.17) is 18.9 Å². The van der Waals surface area contributed by atoms with E-state index in [1.54, 1.807) is 6.92 Å². The Kier molecular flexibility index (Phi) is 9.43. The molecule has 9 heteroatoms. The minimum atomic E-state index is -0.953. The number of pyridine rings is 1. The number of carbonyl (C=O) groups is 3. The molecule has 1 aliphatic carbocycles. The standard InChI is InChI=1S/C23H34N2O7/c1-13(2)11-19(30-12-17-7-8-17)15(4)31-23(28)14(3)25-22(27)20-21(32-16(5)26)18(29-6)9-10-24-20/h9-10,13-15,17,19H,7-8,11-12H2,1-6H3,(H,25,27)/t14-,15-,19+/m0/s1. The molecule has 0 radical (unpaired) electrons. The molecule has 1 saturated carbocycles. The van der Waals surface area contributed by atoms with Gasteiger partial charge in [-0.2, -0.15) is 0 Å². The molecule has 178 valence electrons. The summed E-state index contributed by atoms with van der Waals surface area (Å²) in [6, 6.07) is 0.511. The summed E-state index contributed by atoms with van der Waals surface area (Å²) >= 11 is 0. The Labute approximate surface area is 189 Å². The maximum Gasteiger partial charge on any atom is 0.328 e. The molecule has 1 amide bonds. The predicted molar refractivity (Wildman–Crippen MR) is 116 cm³/mol. The van der Waals surface area contributed by atoms with E-state index >= 15 is 0 Å². The largest absolute Gasteiger partial charge is 0.493 e. The van der Waals surface area contributed by atoms with Crippen LogP contribution in [0, 0.1) is 11.8 Å². The van der Waals surface area contributed by atoms with Gasteiger partial charge in [-0.3, -0.25) is 9.59 Å². The van der Waals surface area contributed by atoms with Crippen molar-refractivity contribution in [2.24, 2.45) is 11.8 Å². The van der Waals surface area contributed by atoms with Crippen molar-refractivity contribution in [1.29, 1.82) is 0 Å². The van der Waals surface area contributed by atoms with Gasteiger partial charge in [-0.1, -0.05) is 13.8 Å². The van der Waals surface area contributed by atoms with Crippen LogP contribution in [0.2, 0.25) is 0 Å². The number of amides is 1. The molecule has 0 unspecified atom stereocenters. The normalized spacial score (nSPS) is 16.1. The average Bonchev–Trinajstić information content (AvgIpc) is 3.54. The molecule has 0 saturated heterocycles. The van der Waals surface area contributed by atoms with Crippen LogP contribution in [-0.4, -0.2) is 54.8 Å². The van der Waals surface area contributed by atoms with Gasteiger partial charge in [-0.15, -0.1) is 0 Å². The molecule has 32 heavy (non-hydrogen) atoms. The Morgan fingerprint density at radius 3 is 2.44 bits per heavy atom. The van der Waals surface area contributed by atoms with Gasteiger partial charge < -0.3 is 24.3 Å². The monoisotopic (exact) mass is 450 g/mol. The zero-order valence-corrected chi connectivity index (χ0v) is 19.7. The molecule has 1 fully saturated rings. The summed E-state index contributed by atoms with van der Waals surface area (Å²) in [6.07, 6.45) is 3.80. The van der Waals surface area contributed by atoms with E-state index < -0.39 is 30.0 Å². The van der Waals surface area contributed by atoms with Crippen molar-refractivity contribution in [3.05, 3.63) is 18.0 Å². The van der Waals surface area contributed by atoms with Gasteiger partial charge >= 0.3 is 11.9 Å². The Bertz CT molecular complexity index is 808. The smallest absolute Gasteiger partial charge is 0.328 e. The number of esters is 2. The lowest BCUT2D eigenvalue weighted by Gasteiger charge is -2.27. The van der Waals surface area contributed by atoms with Crippen molar-refractivity contribution in [3.63, 3.8) is 0 Å². The first-order valence-electron chi connectivity index (χ1n) is 11.0. The number of hydrogen-bond donors (Lipinski definition) is 1. The molecule has 0 bridgehead atoms. The van der Waals surface area contributed by atoms with Crippen molar-refractivity contribution >= 4 is 17.8 Å². The van der Waals surface area contributed by atoms with E-state index in [1.807, 2.05) is 0 Å². The van der Waals surface area contributed by atoms with Crippen LogP contribution in [-0.2, 0) is 19.1 Å². The van der Waals surface area contributed by atoms with Crippen molar-refractivity contribution in [2.75, 3.05) is 13.7 Å². The molecule has 3 atom stereocenters. The van der Waals surface area contributed by atoms with E-state index in [2.05, 4.69) is 24.1 Å². The molecule has 2 rings (SSSR count). The van der Waals surface area contributed by atoms with Crippen LogP contribution in [0.1, 0.15) is 64.4 Å². The number of carbonyl (C=O) groups excluding carboxylic acids is 3. The molecular weight excluding hydrogens is 416 g/mol. The van der Waals surface area contributed by atoms with Crippen LogP contribution in [0.3, 0.4) is 0 Å². The van der Waals surface area contributed by atoms with E-state index in [0.717, 1.165) is 6.42 Å². The highest BCUT2D eigenvalue weighted by molar-refractivity contribution is 5.98. The number of aromatic nitrogens is 1. The van der Waals surface area contributed by atoms with E-state index in [1.165, 1.54) is 46.1 Å². The zero-order valence-electron chi connectivity index (χ0n) is 19.7. The first kappa shape index (κ1) is 25.6. The highest BCUT2D eigenvalue weighted by atomic mass is 16.6. The number of methoxy groups -OCH3 is 1. The van der Waals surface area contributed by atoms with Crippen LogP contribution < -0.4 is 14.8 Å². The van der Waals surface area contributed by atoms with Crippen LogP contribution >= 0.6 is 0 Å². The number of rotatable bonds is 12. The summed E-state index contributed by atoms with van der Waals surface area (Å²) in [5.74, 6) is -0.863. The maximum atomic E-state index is 12.7. The number of nitrogens with one attached hydrogen (secondary N) is 1. The van der Waals surface area contributed by atoms with Crippen LogP contribution in [0.4, 0.5) is 0 Å². The summed E-state index contributed by atoms with van der Waals surface area (Å²) < 4.78 is 21.8. The summed E-state index contributed by atoms with van der Waals surface area (Å²) in [6.45, 7) is 9.37. The number of hydrogen-bond acceptors (Lipinski definition) is 8. The fourth-order valence-electron chi connectivity index (χ4n) is 3.08. The highest BCUT2D eigenvalue weighted by Crippen LogP contribution is 2.31. The predicted octanol–water partition coefficient (Wildman–Crippen LogP) is 2.91. The third kappa shape index (κ3) is 7.78. The molecular formula is C23H34N2O7. The minimum absolute atomic E-state index is 0.112. The summed E-state index contributed by atoms with van der Waals surface area (Å²) in [4.78, 5) is 40.8. The second-order valence-corrected chi connectivity index (χ2v) is 8.57. The van der Waals surface area contributed by atoms with Crippen molar-refractivity contribution in [2.45, 2.75) is 72.1 Å². The highest BCUT2D eigenvalue weighted by Gasteiger charge is 2.30. The lowest BCUT2D eigenvalue weighted by Crippen LogP contribution is -2.43. The molecule has 0 aliphatic heterocycles. The molecule has 1 N–H and O–H groups in total. The van der Waals surface area contributed by atoms with Gasteiger partial charge in [0.25, 0.3) is 5.91 Å². The van der Waals surface area contributed by atoms with Gasteiger partial charge in [0.1, 0.15) is 12.1 Å². The van der Waals surface area contributed by atoms with Crippen molar-refractivity contribution in [3.8, 4) is 11.5 Å². The Morgan fingerprint density at radius 2 is 1.88 bits per heavy atom. The molecule has 0 spiro atoms. The third-order valence-electron chi connectivity index (χ3n) is 5.02. The fourth-order valence-corrected chi connectivity index (χ4v) is 3.08. The zero-order chi connectivity index (χ0) is 23.8. The Morgan fingerprint density at radius 1 is 1.19 bits per heavy atom. The van der Waals surface area contributed by atoms with Crippen LogP contribution in [0.25, 0.3) is 0 Å². The lowest BCUT2D eigenvalue weighted by atomic mass is 10.0. The van der Waals surface area contributed by atoms with Crippen molar-refractivity contribution in [1.82, 2.24) is 10.3 Å². The SMILES string of the molecule is COc1ccnc(C(=O)N[C@@H](C)C(=O)O[C@@H](C)[C@@H](CC(C)C)OCC2CC2)c1OC(C)=O. The molecule has 1 heterocycles. The second-order valence-electron chi connectivity index (χ2n) is 8.57. The molecule has 1 aromatic rings.